The molecule has 38 heavy (non-hydrogen) atoms. The first-order valence-corrected chi connectivity index (χ1v) is 13.1. The van der Waals surface area contributed by atoms with Crippen molar-refractivity contribution < 1.29 is 57.7 Å². The molecule has 0 N–H and O–H groups in total. The van der Waals surface area contributed by atoms with E-state index in [-0.39, 0.29) is 46.4 Å². The first kappa shape index (κ1) is 32.2. The summed E-state index contributed by atoms with van der Waals surface area (Å²) in [5.74, 6) is 0. The summed E-state index contributed by atoms with van der Waals surface area (Å²) in [7, 11) is 0. The second-order valence-corrected chi connectivity index (χ2v) is 11.1. The monoisotopic (exact) mass is 592 g/mol. The zero-order valence-corrected chi connectivity index (χ0v) is 25.7. The zero-order valence-electron chi connectivity index (χ0n) is 21.9. The largest absolute Gasteiger partial charge is 1.00 e. The van der Waals surface area contributed by atoms with Crippen molar-refractivity contribution in [3.63, 3.8) is 0 Å². The van der Waals surface area contributed by atoms with Crippen molar-refractivity contribution in [2.45, 2.75) is 36.3 Å². The van der Waals surface area contributed by atoms with Crippen LogP contribution in [0.3, 0.4) is 0 Å². The standard InChI is InChI=1S/C34H31.3ClH.Ti/c1-25-11-7-17-30(21-25)34(31-18-8-12-26(2)22-31,32-19-9-13-27(3)23-32)33-20-10-16-29(33)24-28-14-5-4-6-15-28;;;;/h4-23H,24H2,1-3H3;3*1H;/q;;;;+3/p-3. The van der Waals surface area contributed by atoms with Gasteiger partial charge >= 0.3 is 223 Å². The van der Waals surface area contributed by atoms with Gasteiger partial charge in [-0.3, -0.25) is 0 Å². The van der Waals surface area contributed by atoms with Crippen molar-refractivity contribution in [1.29, 1.82) is 0 Å². The molecule has 0 bridgehead atoms. The summed E-state index contributed by atoms with van der Waals surface area (Å²) in [4.78, 5) is 0. The van der Waals surface area contributed by atoms with E-state index in [4.69, 9.17) is 0 Å². The van der Waals surface area contributed by atoms with E-state index in [1.54, 1.807) is 0 Å². The van der Waals surface area contributed by atoms with E-state index in [0.717, 1.165) is 6.42 Å². The predicted molar refractivity (Wildman–Crippen MR) is 143 cm³/mol. The van der Waals surface area contributed by atoms with Crippen molar-refractivity contribution in [1.82, 2.24) is 0 Å². The van der Waals surface area contributed by atoms with Gasteiger partial charge in [0.1, 0.15) is 0 Å². The van der Waals surface area contributed by atoms with Gasteiger partial charge in [0.05, 0.1) is 0 Å². The Balaban J connectivity index is 0.00000169. The van der Waals surface area contributed by atoms with Crippen LogP contribution in [0.1, 0.15) is 38.9 Å². The number of aryl methyl sites for hydroxylation is 3. The zero-order chi connectivity index (χ0) is 24.5. The van der Waals surface area contributed by atoms with Gasteiger partial charge in [-0.05, 0) is 0 Å². The van der Waals surface area contributed by atoms with Gasteiger partial charge in [0.15, 0.2) is 0 Å². The molecule has 1 atom stereocenters. The Kier molecular flexibility index (Phi) is 11.3. The molecule has 192 valence electrons. The average Bonchev–Trinajstić information content (AvgIpc) is 3.21. The molecule has 1 aliphatic rings. The first-order chi connectivity index (χ1) is 16.9. The van der Waals surface area contributed by atoms with Crippen molar-refractivity contribution in [2.24, 2.45) is 0 Å². The third kappa shape index (κ3) is 5.76. The second kappa shape index (κ2) is 13.3. The van der Waals surface area contributed by atoms with Gasteiger partial charge < -0.3 is 37.2 Å². The van der Waals surface area contributed by atoms with Gasteiger partial charge in [0.25, 0.3) is 0 Å². The van der Waals surface area contributed by atoms with Crippen molar-refractivity contribution in [3.05, 3.63) is 166 Å². The van der Waals surface area contributed by atoms with Crippen LogP contribution >= 0.6 is 0 Å². The number of allylic oxidation sites excluding steroid dienone is 4. The normalized spacial score (nSPS) is 16.1. The van der Waals surface area contributed by atoms with Gasteiger partial charge in [0.2, 0.25) is 0 Å². The Morgan fingerprint density at radius 1 is 0.605 bits per heavy atom. The van der Waals surface area contributed by atoms with Crippen LogP contribution in [0.5, 0.6) is 0 Å². The maximum absolute atomic E-state index is 2.44. The molecule has 0 spiro atoms. The molecule has 0 fully saturated rings. The van der Waals surface area contributed by atoms with E-state index in [1.165, 1.54) is 44.5 Å². The van der Waals surface area contributed by atoms with Crippen LogP contribution in [0, 0.1) is 20.8 Å². The molecule has 0 radical (unpaired) electrons. The first-order valence-electron chi connectivity index (χ1n) is 12.3. The molecule has 0 heterocycles. The smallest absolute Gasteiger partial charge is 1.00 e. The molecule has 0 nitrogen and oxygen atoms in total. The average molecular weight is 594 g/mol. The fourth-order valence-electron chi connectivity index (χ4n) is 5.75. The van der Waals surface area contributed by atoms with E-state index in [2.05, 4.69) is 163 Å². The van der Waals surface area contributed by atoms with Crippen LogP contribution in [0.2, 0.25) is 3.72 Å². The maximum Gasteiger partial charge on any atom is -1.00 e. The van der Waals surface area contributed by atoms with Crippen LogP contribution in [-0.4, -0.2) is 0 Å². The quantitative estimate of drug-likeness (QED) is 0.207. The topological polar surface area (TPSA) is 0 Å². The fourth-order valence-corrected chi connectivity index (χ4v) is 6.84. The minimum Gasteiger partial charge on any atom is -1.00 e. The summed E-state index contributed by atoms with van der Waals surface area (Å²) in [5, 5.41) is 0. The number of rotatable bonds is 6. The molecular weight excluding hydrogens is 563 g/mol. The van der Waals surface area contributed by atoms with Gasteiger partial charge in [-0.1, -0.05) is 0 Å². The summed E-state index contributed by atoms with van der Waals surface area (Å²) < 4.78 is -0.252. The number of benzene rings is 4. The van der Waals surface area contributed by atoms with Crippen LogP contribution in [0.15, 0.2) is 127 Å². The predicted octanol–water partition coefficient (Wildman–Crippen LogP) is -0.597. The summed E-state index contributed by atoms with van der Waals surface area (Å²) in [6, 6.07) is 38.3. The van der Waals surface area contributed by atoms with Crippen molar-refractivity contribution >= 4 is 0 Å². The molecule has 0 saturated carbocycles. The second-order valence-electron chi connectivity index (χ2n) is 9.88. The molecule has 0 amide bonds. The third-order valence-electron chi connectivity index (χ3n) is 7.33. The minimum atomic E-state index is -0.384. The fraction of sp³-hybridized carbons (Fsp3) is 0.176. The molecule has 4 aromatic carbocycles. The van der Waals surface area contributed by atoms with Crippen molar-refractivity contribution in [3.8, 4) is 0 Å². The SMILES string of the molecule is Cc1cccc(C(c2cccc(C)c2)(c2cccc(C)c2)[C]2([Ti+3])C=CC=C2Cc2ccccc2)c1.[Cl-].[Cl-].[Cl-]. The molecule has 0 aliphatic heterocycles. The van der Waals surface area contributed by atoms with Crippen LogP contribution in [-0.2, 0) is 32.3 Å². The molecule has 0 aromatic heterocycles. The summed E-state index contributed by atoms with van der Waals surface area (Å²) in [6.45, 7) is 6.61. The Labute approximate surface area is 258 Å². The number of hydrogen-bond donors (Lipinski definition) is 0. The van der Waals surface area contributed by atoms with Crippen molar-refractivity contribution in [2.75, 3.05) is 0 Å². The number of halogens is 3. The maximum atomic E-state index is 2.44. The molecular formula is C34H31Cl3Ti. The Bertz CT molecular complexity index is 1310. The summed E-state index contributed by atoms with van der Waals surface area (Å²) in [6.07, 6.45) is 7.99. The van der Waals surface area contributed by atoms with Crippen LogP contribution < -0.4 is 37.2 Å². The minimum absolute atomic E-state index is 0. The van der Waals surface area contributed by atoms with Gasteiger partial charge in [-0.25, -0.2) is 0 Å². The van der Waals surface area contributed by atoms with E-state index < -0.39 is 0 Å². The third-order valence-corrected chi connectivity index (χ3v) is 8.68. The number of hydrogen-bond acceptors (Lipinski definition) is 0. The Morgan fingerprint density at radius 3 is 1.47 bits per heavy atom. The molecule has 1 unspecified atom stereocenters. The van der Waals surface area contributed by atoms with Gasteiger partial charge in [-0.15, -0.1) is 0 Å². The summed E-state index contributed by atoms with van der Waals surface area (Å²) in [5.41, 5.74) is 10.3. The van der Waals surface area contributed by atoms with E-state index in [0.29, 0.717) is 0 Å². The van der Waals surface area contributed by atoms with E-state index >= 15 is 0 Å². The Hall–Kier alpha value is -2.06. The van der Waals surface area contributed by atoms with E-state index in [1.807, 2.05) is 0 Å². The van der Waals surface area contributed by atoms with Gasteiger partial charge in [0, 0.05) is 0 Å². The molecule has 1 aliphatic carbocycles. The molecule has 4 heteroatoms. The van der Waals surface area contributed by atoms with E-state index in [9.17, 15) is 0 Å². The summed E-state index contributed by atoms with van der Waals surface area (Å²) >= 11 is 2.44. The van der Waals surface area contributed by atoms with Crippen LogP contribution in [0.25, 0.3) is 0 Å². The molecule has 5 rings (SSSR count). The van der Waals surface area contributed by atoms with Gasteiger partial charge in [-0.2, -0.15) is 0 Å². The Morgan fingerprint density at radius 2 is 1.05 bits per heavy atom. The molecule has 4 aromatic rings. The van der Waals surface area contributed by atoms with Crippen LogP contribution in [0.4, 0.5) is 0 Å². The molecule has 0 saturated heterocycles.